The lowest BCUT2D eigenvalue weighted by atomic mass is 10.2. The molecule has 29 heavy (non-hydrogen) atoms. The Morgan fingerprint density at radius 2 is 1.79 bits per heavy atom. The first-order valence-electron chi connectivity index (χ1n) is 8.82. The smallest absolute Gasteiger partial charge is 0.412 e. The number of nitrogens with zero attached hydrogens (tertiary/aromatic N) is 1. The lowest BCUT2D eigenvalue weighted by molar-refractivity contribution is -0.113. The third-order valence-corrected chi connectivity index (χ3v) is 4.48. The zero-order valence-corrected chi connectivity index (χ0v) is 17.2. The normalized spacial score (nSPS) is 10.7. The van der Waals surface area contributed by atoms with Crippen LogP contribution in [-0.4, -0.2) is 23.4 Å². The highest BCUT2D eigenvalue weighted by atomic mass is 32.2. The van der Waals surface area contributed by atoms with E-state index in [1.165, 1.54) is 23.9 Å². The van der Waals surface area contributed by atoms with Crippen molar-refractivity contribution in [2.45, 2.75) is 32.1 Å². The molecule has 0 unspecified atom stereocenters. The largest absolute Gasteiger partial charge is 0.444 e. The number of halogens is 1. The molecule has 0 heterocycles. The summed E-state index contributed by atoms with van der Waals surface area (Å²) in [5, 5.41) is 13.9. The monoisotopic (exact) mass is 415 g/mol. The minimum atomic E-state index is -0.699. The second-order valence-corrected chi connectivity index (χ2v) is 8.15. The highest BCUT2D eigenvalue weighted by Crippen LogP contribution is 2.24. The van der Waals surface area contributed by atoms with E-state index in [1.807, 2.05) is 12.1 Å². The maximum absolute atomic E-state index is 13.6. The number of carbonyl (C=O) groups excluding carboxylic acids is 2. The van der Waals surface area contributed by atoms with Crippen LogP contribution in [0.5, 0.6) is 0 Å². The maximum Gasteiger partial charge on any atom is 0.412 e. The number of thioether (sulfide) groups is 1. The fourth-order valence-electron chi connectivity index (χ4n) is 2.27. The van der Waals surface area contributed by atoms with Crippen molar-refractivity contribution in [3.63, 3.8) is 0 Å². The molecular weight excluding hydrogens is 393 g/mol. The van der Waals surface area contributed by atoms with Crippen molar-refractivity contribution in [2.24, 2.45) is 0 Å². The van der Waals surface area contributed by atoms with Crippen molar-refractivity contribution >= 4 is 35.1 Å². The summed E-state index contributed by atoms with van der Waals surface area (Å²) in [6.07, 6.45) is -0.699. The van der Waals surface area contributed by atoms with Crippen molar-refractivity contribution in [2.75, 3.05) is 16.4 Å². The molecule has 152 valence electrons. The number of nitrogens with one attached hydrogen (secondary N) is 2. The van der Waals surface area contributed by atoms with Crippen LogP contribution in [0.4, 0.5) is 20.6 Å². The number of carbonyl (C=O) groups is 2. The molecule has 0 aliphatic carbocycles. The molecule has 0 saturated heterocycles. The first-order chi connectivity index (χ1) is 13.7. The second kappa shape index (κ2) is 9.94. The van der Waals surface area contributed by atoms with Crippen LogP contribution in [0.25, 0.3) is 0 Å². The zero-order valence-electron chi connectivity index (χ0n) is 16.4. The molecule has 2 aromatic rings. The van der Waals surface area contributed by atoms with Gasteiger partial charge in [0.15, 0.2) is 0 Å². The molecule has 0 spiro atoms. The van der Waals surface area contributed by atoms with Crippen LogP contribution < -0.4 is 10.6 Å². The quantitative estimate of drug-likeness (QED) is 0.699. The standard InChI is InChI=1S/C21H22FN3O3S/c1-21(2,3)28-20(27)25-17-9-8-16(22)10-18(17)24-19(26)13-29-12-15-6-4-14(11-23)5-7-15/h4-10H,12-13H2,1-3H3,(H,24,26)(H,25,27). The number of nitriles is 1. The highest BCUT2D eigenvalue weighted by molar-refractivity contribution is 7.99. The van der Waals surface area contributed by atoms with Crippen LogP contribution in [-0.2, 0) is 15.3 Å². The van der Waals surface area contributed by atoms with E-state index in [9.17, 15) is 14.0 Å². The topological polar surface area (TPSA) is 91.2 Å². The summed E-state index contributed by atoms with van der Waals surface area (Å²) in [6, 6.07) is 12.8. The molecule has 0 bridgehead atoms. The molecule has 0 radical (unpaired) electrons. The average Bonchev–Trinajstić information content (AvgIpc) is 2.63. The molecular formula is C21H22FN3O3S. The van der Waals surface area contributed by atoms with Crippen molar-refractivity contribution in [3.8, 4) is 6.07 Å². The number of anilines is 2. The van der Waals surface area contributed by atoms with Gasteiger partial charge in [-0.2, -0.15) is 5.26 Å². The number of hydrogen-bond acceptors (Lipinski definition) is 5. The third kappa shape index (κ3) is 7.84. The van der Waals surface area contributed by atoms with Gasteiger partial charge in [-0.25, -0.2) is 9.18 Å². The molecule has 0 aliphatic heterocycles. The van der Waals surface area contributed by atoms with Crippen molar-refractivity contribution < 1.29 is 18.7 Å². The predicted molar refractivity (Wildman–Crippen MR) is 112 cm³/mol. The number of rotatable bonds is 6. The first-order valence-corrected chi connectivity index (χ1v) is 9.98. The molecule has 2 N–H and O–H groups in total. The Balaban J connectivity index is 1.93. The van der Waals surface area contributed by atoms with Gasteiger partial charge in [-0.05, 0) is 56.7 Å². The summed E-state index contributed by atoms with van der Waals surface area (Å²) >= 11 is 1.38. The molecule has 2 amide bonds. The summed E-state index contributed by atoms with van der Waals surface area (Å²) in [6.45, 7) is 5.18. The van der Waals surface area contributed by atoms with E-state index >= 15 is 0 Å². The maximum atomic E-state index is 13.6. The lowest BCUT2D eigenvalue weighted by Crippen LogP contribution is -2.27. The van der Waals surface area contributed by atoms with Gasteiger partial charge in [-0.15, -0.1) is 11.8 Å². The van der Waals surface area contributed by atoms with Crippen LogP contribution in [0.2, 0.25) is 0 Å². The predicted octanol–water partition coefficient (Wildman–Crippen LogP) is 4.92. The van der Waals surface area contributed by atoms with E-state index in [1.54, 1.807) is 32.9 Å². The van der Waals surface area contributed by atoms with Gasteiger partial charge < -0.3 is 10.1 Å². The molecule has 2 aromatic carbocycles. The van der Waals surface area contributed by atoms with Crippen LogP contribution in [0.1, 0.15) is 31.9 Å². The summed E-state index contributed by atoms with van der Waals surface area (Å²) in [5.41, 5.74) is 1.27. The van der Waals surface area contributed by atoms with Crippen molar-refractivity contribution in [1.82, 2.24) is 0 Å². The second-order valence-electron chi connectivity index (χ2n) is 7.17. The number of amides is 2. The molecule has 0 aliphatic rings. The number of benzene rings is 2. The molecule has 0 atom stereocenters. The van der Waals surface area contributed by atoms with Crippen molar-refractivity contribution in [3.05, 3.63) is 59.4 Å². The Morgan fingerprint density at radius 3 is 2.41 bits per heavy atom. The first kappa shape index (κ1) is 22.2. The Bertz CT molecular complexity index is 918. The van der Waals surface area contributed by atoms with E-state index in [0.717, 1.165) is 11.6 Å². The SMILES string of the molecule is CC(C)(C)OC(=O)Nc1ccc(F)cc1NC(=O)CSCc1ccc(C#N)cc1. The fourth-order valence-corrected chi connectivity index (χ4v) is 3.05. The molecule has 0 fully saturated rings. The molecule has 2 rings (SSSR count). The fraction of sp³-hybridized carbons (Fsp3) is 0.286. The Labute approximate surface area is 173 Å². The summed E-state index contributed by atoms with van der Waals surface area (Å²) < 4.78 is 18.8. The minimum Gasteiger partial charge on any atom is -0.444 e. The Hall–Kier alpha value is -3.05. The summed E-state index contributed by atoms with van der Waals surface area (Å²) in [7, 11) is 0. The van der Waals surface area contributed by atoms with E-state index in [4.69, 9.17) is 10.00 Å². The number of hydrogen-bond donors (Lipinski definition) is 2. The molecule has 6 nitrogen and oxygen atoms in total. The van der Waals surface area contributed by atoms with Gasteiger partial charge in [-0.1, -0.05) is 12.1 Å². The minimum absolute atomic E-state index is 0.141. The van der Waals surface area contributed by atoms with Gasteiger partial charge >= 0.3 is 6.09 Å². The van der Waals surface area contributed by atoms with Crippen LogP contribution in [0.15, 0.2) is 42.5 Å². The van der Waals surface area contributed by atoms with Gasteiger partial charge in [0.25, 0.3) is 0 Å². The Morgan fingerprint density at radius 1 is 1.10 bits per heavy atom. The van der Waals surface area contributed by atoms with Gasteiger partial charge in [0.2, 0.25) is 5.91 Å². The van der Waals surface area contributed by atoms with Crippen LogP contribution >= 0.6 is 11.8 Å². The van der Waals surface area contributed by atoms with Gasteiger partial charge in [-0.3, -0.25) is 10.1 Å². The Kier molecular flexibility index (Phi) is 7.62. The summed E-state index contributed by atoms with van der Waals surface area (Å²) in [4.78, 5) is 24.2. The van der Waals surface area contributed by atoms with E-state index in [0.29, 0.717) is 11.3 Å². The number of ether oxygens (including phenoxy) is 1. The third-order valence-electron chi connectivity index (χ3n) is 3.48. The zero-order chi connectivity index (χ0) is 21.4. The van der Waals surface area contributed by atoms with Gasteiger partial charge in [0.1, 0.15) is 11.4 Å². The molecule has 0 saturated carbocycles. The van der Waals surface area contributed by atoms with Crippen LogP contribution in [0, 0.1) is 17.1 Å². The van der Waals surface area contributed by atoms with Gasteiger partial charge in [0, 0.05) is 5.75 Å². The van der Waals surface area contributed by atoms with Crippen LogP contribution in [0.3, 0.4) is 0 Å². The van der Waals surface area contributed by atoms with E-state index in [2.05, 4.69) is 16.7 Å². The van der Waals surface area contributed by atoms with Gasteiger partial charge in [0.05, 0.1) is 28.8 Å². The molecule has 8 heteroatoms. The van der Waals surface area contributed by atoms with E-state index < -0.39 is 17.5 Å². The summed E-state index contributed by atoms with van der Waals surface area (Å²) in [5.74, 6) is -0.144. The molecule has 0 aromatic heterocycles. The highest BCUT2D eigenvalue weighted by Gasteiger charge is 2.18. The lowest BCUT2D eigenvalue weighted by Gasteiger charge is -2.20. The average molecular weight is 415 g/mol. The van der Waals surface area contributed by atoms with Crippen molar-refractivity contribution in [1.29, 1.82) is 5.26 Å². The van der Waals surface area contributed by atoms with E-state index in [-0.39, 0.29) is 23.0 Å².